The first kappa shape index (κ1) is 13.6. The van der Waals surface area contributed by atoms with E-state index in [1.54, 1.807) is 4.68 Å². The minimum atomic E-state index is 0.302. The molecule has 2 aromatic rings. The number of unbranched alkanes of at least 4 members (excludes halogenated alkanes) is 1. The summed E-state index contributed by atoms with van der Waals surface area (Å²) in [6, 6.07) is 12.1. The maximum Gasteiger partial charge on any atom is 0.0958 e. The minimum absolute atomic E-state index is 0.302. The van der Waals surface area contributed by atoms with E-state index in [9.17, 15) is 0 Å². The van der Waals surface area contributed by atoms with Crippen LogP contribution in [0, 0.1) is 11.3 Å². The summed E-state index contributed by atoms with van der Waals surface area (Å²) in [5.74, 6) is 0.979. The van der Waals surface area contributed by atoms with E-state index in [1.165, 1.54) is 0 Å². The van der Waals surface area contributed by atoms with E-state index in [4.69, 9.17) is 5.26 Å². The van der Waals surface area contributed by atoms with E-state index in [1.807, 2.05) is 48.3 Å². The highest BCUT2D eigenvalue weighted by Crippen LogP contribution is 2.27. The number of thioether (sulfide) groups is 1. The Morgan fingerprint density at radius 2 is 2.16 bits per heavy atom. The molecule has 0 aliphatic carbocycles. The molecule has 5 heteroatoms. The zero-order chi connectivity index (χ0) is 13.5. The minimum Gasteiger partial charge on any atom is -0.220 e. The maximum absolute atomic E-state index is 8.49. The lowest BCUT2D eigenvalue weighted by atomic mass is 10.3. The molecular formula is C14H16N4S. The summed E-state index contributed by atoms with van der Waals surface area (Å²) in [6.07, 6.45) is 3.52. The van der Waals surface area contributed by atoms with Crippen molar-refractivity contribution in [3.05, 3.63) is 42.2 Å². The highest BCUT2D eigenvalue weighted by atomic mass is 32.2. The second-order valence-electron chi connectivity index (χ2n) is 4.20. The first-order valence-corrected chi connectivity index (χ1v) is 7.32. The van der Waals surface area contributed by atoms with Crippen LogP contribution in [0.15, 0.2) is 36.5 Å². The number of nitrogens with zero attached hydrogens (tertiary/aromatic N) is 4. The van der Waals surface area contributed by atoms with Crippen LogP contribution in [0.1, 0.15) is 30.7 Å². The molecule has 0 bridgehead atoms. The molecule has 0 spiro atoms. The van der Waals surface area contributed by atoms with Gasteiger partial charge in [0.2, 0.25) is 0 Å². The van der Waals surface area contributed by atoms with Crippen LogP contribution in [0.25, 0.3) is 5.69 Å². The Hall–Kier alpha value is -1.80. The van der Waals surface area contributed by atoms with Gasteiger partial charge in [0.05, 0.1) is 23.6 Å². The summed E-state index contributed by atoms with van der Waals surface area (Å²) in [5, 5.41) is 17.2. The SMILES string of the molecule is CC(SCCCC#N)c1cn(-c2ccccc2)nn1. The van der Waals surface area contributed by atoms with E-state index in [-0.39, 0.29) is 0 Å². The van der Waals surface area contributed by atoms with E-state index in [2.05, 4.69) is 23.3 Å². The highest BCUT2D eigenvalue weighted by Gasteiger charge is 2.10. The van der Waals surface area contributed by atoms with Crippen LogP contribution in [0.3, 0.4) is 0 Å². The third-order valence-corrected chi connectivity index (χ3v) is 4.01. The third kappa shape index (κ3) is 3.83. The first-order chi connectivity index (χ1) is 9.31. The second-order valence-corrected chi connectivity index (χ2v) is 5.65. The maximum atomic E-state index is 8.49. The molecule has 0 saturated heterocycles. The van der Waals surface area contributed by atoms with Gasteiger partial charge in [-0.2, -0.15) is 17.0 Å². The number of nitriles is 1. The smallest absolute Gasteiger partial charge is 0.0958 e. The lowest BCUT2D eigenvalue weighted by Crippen LogP contribution is -1.93. The van der Waals surface area contributed by atoms with Crippen molar-refractivity contribution in [2.24, 2.45) is 0 Å². The monoisotopic (exact) mass is 272 g/mol. The number of hydrogen-bond acceptors (Lipinski definition) is 4. The van der Waals surface area contributed by atoms with Crippen molar-refractivity contribution in [3.8, 4) is 11.8 Å². The standard InChI is InChI=1S/C14H16N4S/c1-12(19-10-6-5-9-15)14-11-18(17-16-14)13-7-3-2-4-8-13/h2-4,7-8,11-12H,5-6,10H2,1H3. The molecule has 0 fully saturated rings. The third-order valence-electron chi connectivity index (χ3n) is 2.75. The molecule has 0 aliphatic heterocycles. The number of hydrogen-bond donors (Lipinski definition) is 0. The summed E-state index contributed by atoms with van der Waals surface area (Å²) >= 11 is 1.81. The van der Waals surface area contributed by atoms with Crippen molar-refractivity contribution in [3.63, 3.8) is 0 Å². The van der Waals surface area contributed by atoms with Gasteiger partial charge < -0.3 is 0 Å². The largest absolute Gasteiger partial charge is 0.220 e. The molecule has 4 nitrogen and oxygen atoms in total. The predicted octanol–water partition coefficient (Wildman–Crippen LogP) is 3.37. The molecule has 0 aliphatic rings. The molecule has 98 valence electrons. The molecule has 1 unspecified atom stereocenters. The molecule has 0 amide bonds. The zero-order valence-corrected chi connectivity index (χ0v) is 11.7. The Labute approximate surface area is 117 Å². The fourth-order valence-corrected chi connectivity index (χ4v) is 2.61. The van der Waals surface area contributed by atoms with E-state index < -0.39 is 0 Å². The Morgan fingerprint density at radius 3 is 2.89 bits per heavy atom. The van der Waals surface area contributed by atoms with Crippen LogP contribution in [0.4, 0.5) is 0 Å². The molecule has 19 heavy (non-hydrogen) atoms. The predicted molar refractivity (Wildman–Crippen MR) is 77.1 cm³/mol. The topological polar surface area (TPSA) is 54.5 Å². The van der Waals surface area contributed by atoms with Gasteiger partial charge in [0.15, 0.2) is 0 Å². The molecule has 1 aromatic carbocycles. The normalized spacial score (nSPS) is 12.0. The quantitative estimate of drug-likeness (QED) is 0.757. The lowest BCUT2D eigenvalue weighted by molar-refractivity contribution is 0.797. The summed E-state index contributed by atoms with van der Waals surface area (Å²) in [5.41, 5.74) is 1.99. The van der Waals surface area contributed by atoms with Crippen LogP contribution in [-0.2, 0) is 0 Å². The van der Waals surface area contributed by atoms with Crippen molar-refractivity contribution in [2.75, 3.05) is 5.75 Å². The van der Waals surface area contributed by atoms with Gasteiger partial charge in [0.1, 0.15) is 0 Å². The Balaban J connectivity index is 1.95. The molecule has 1 aromatic heterocycles. The molecular weight excluding hydrogens is 256 g/mol. The molecule has 0 N–H and O–H groups in total. The fourth-order valence-electron chi connectivity index (χ4n) is 1.67. The Kier molecular flexibility index (Phi) is 4.99. The van der Waals surface area contributed by atoms with Crippen molar-refractivity contribution in [2.45, 2.75) is 25.0 Å². The van der Waals surface area contributed by atoms with Gasteiger partial charge in [0, 0.05) is 11.7 Å². The molecule has 0 radical (unpaired) electrons. The van der Waals surface area contributed by atoms with Gasteiger partial charge in [0.25, 0.3) is 0 Å². The zero-order valence-electron chi connectivity index (χ0n) is 10.9. The number of rotatable bonds is 6. The lowest BCUT2D eigenvalue weighted by Gasteiger charge is -2.06. The summed E-state index contributed by atoms with van der Waals surface area (Å²) in [6.45, 7) is 2.12. The molecule has 1 atom stereocenters. The van der Waals surface area contributed by atoms with E-state index >= 15 is 0 Å². The van der Waals surface area contributed by atoms with Crippen molar-refractivity contribution in [1.29, 1.82) is 5.26 Å². The van der Waals surface area contributed by atoms with Crippen LogP contribution >= 0.6 is 11.8 Å². The van der Waals surface area contributed by atoms with Crippen LogP contribution in [0.5, 0.6) is 0 Å². The van der Waals surface area contributed by atoms with Gasteiger partial charge in [-0.25, -0.2) is 4.68 Å². The van der Waals surface area contributed by atoms with Crippen molar-refractivity contribution >= 4 is 11.8 Å². The van der Waals surface area contributed by atoms with Gasteiger partial charge in [-0.3, -0.25) is 0 Å². The summed E-state index contributed by atoms with van der Waals surface area (Å²) in [4.78, 5) is 0. The van der Waals surface area contributed by atoms with Crippen LogP contribution in [0.2, 0.25) is 0 Å². The van der Waals surface area contributed by atoms with Crippen molar-refractivity contribution in [1.82, 2.24) is 15.0 Å². The highest BCUT2D eigenvalue weighted by molar-refractivity contribution is 7.99. The number of aromatic nitrogens is 3. The van der Waals surface area contributed by atoms with Gasteiger partial charge in [-0.05, 0) is 31.2 Å². The second kappa shape index (κ2) is 6.95. The molecule has 0 saturated carbocycles. The van der Waals surface area contributed by atoms with Gasteiger partial charge >= 0.3 is 0 Å². The molecule has 1 heterocycles. The van der Waals surface area contributed by atoms with E-state index in [0.717, 1.165) is 23.6 Å². The number of para-hydroxylation sites is 1. The molecule has 2 rings (SSSR count). The Morgan fingerprint density at radius 1 is 1.37 bits per heavy atom. The average Bonchev–Trinajstić information content (AvgIpc) is 2.94. The Bertz CT molecular complexity index is 544. The van der Waals surface area contributed by atoms with Gasteiger partial charge in [-0.1, -0.05) is 23.4 Å². The first-order valence-electron chi connectivity index (χ1n) is 6.27. The summed E-state index contributed by atoms with van der Waals surface area (Å²) in [7, 11) is 0. The van der Waals surface area contributed by atoms with Crippen LogP contribution < -0.4 is 0 Å². The summed E-state index contributed by atoms with van der Waals surface area (Å²) < 4.78 is 1.79. The van der Waals surface area contributed by atoms with Crippen molar-refractivity contribution < 1.29 is 0 Å². The number of benzene rings is 1. The average molecular weight is 272 g/mol. The van der Waals surface area contributed by atoms with Crippen LogP contribution in [-0.4, -0.2) is 20.7 Å². The fraction of sp³-hybridized carbons (Fsp3) is 0.357. The van der Waals surface area contributed by atoms with E-state index in [0.29, 0.717) is 11.7 Å². The van der Waals surface area contributed by atoms with Gasteiger partial charge in [-0.15, -0.1) is 5.10 Å².